The minimum Gasteiger partial charge on any atom is -0.494 e. The lowest BCUT2D eigenvalue weighted by Gasteiger charge is -2.24. The van der Waals surface area contributed by atoms with Crippen molar-refractivity contribution in [3.63, 3.8) is 0 Å². The van der Waals surface area contributed by atoms with E-state index >= 15 is 0 Å². The molecule has 0 saturated heterocycles. The fraction of sp³-hybridized carbons (Fsp3) is 0.667. The van der Waals surface area contributed by atoms with Gasteiger partial charge in [0.1, 0.15) is 5.75 Å². The number of halogens is 1. The molecule has 0 unspecified atom stereocenters. The maximum Gasteiger partial charge on any atom is 0.119 e. The van der Waals surface area contributed by atoms with Crippen molar-refractivity contribution in [1.82, 2.24) is 0 Å². The van der Waals surface area contributed by atoms with E-state index in [1.54, 1.807) is 0 Å². The molecular weight excluding hydrogens is 342 g/mol. The molecule has 4 N–H and O–H groups in total. The van der Waals surface area contributed by atoms with Gasteiger partial charge in [-0.25, -0.2) is 0 Å². The molecule has 0 spiro atoms. The van der Waals surface area contributed by atoms with E-state index in [4.69, 9.17) is 10.5 Å². The number of aryl methyl sites for hydroxylation is 1. The molecule has 1 rings (SSSR count). The van der Waals surface area contributed by atoms with Gasteiger partial charge in [0.25, 0.3) is 0 Å². The molecule has 0 fully saturated rings. The second-order valence-corrected chi connectivity index (χ2v) is 13.3. The standard InChI is InChI=1S/C18H33NO3Si.ClH/c1-23(2,3)13-5-12-22-17-9-7-16(8-10-17)6-4-11-18(19,14-20)15-21;/h7-10,20-21H,4-6,11-15,19H2,1-3H3;1H. The number of ether oxygens (including phenoxy) is 1. The van der Waals surface area contributed by atoms with E-state index < -0.39 is 13.6 Å². The van der Waals surface area contributed by atoms with Crippen LogP contribution in [0.25, 0.3) is 0 Å². The topological polar surface area (TPSA) is 75.7 Å². The Labute approximate surface area is 153 Å². The average molecular weight is 376 g/mol. The maximum absolute atomic E-state index is 9.17. The normalized spacial score (nSPS) is 11.9. The van der Waals surface area contributed by atoms with Crippen LogP contribution in [0.2, 0.25) is 25.7 Å². The minimum absolute atomic E-state index is 0. The zero-order valence-electron chi connectivity index (χ0n) is 15.3. The molecule has 0 aliphatic heterocycles. The van der Waals surface area contributed by atoms with Crippen LogP contribution in [0.1, 0.15) is 24.8 Å². The molecule has 0 heterocycles. The first kappa shape index (κ1) is 23.4. The molecule has 0 aromatic heterocycles. The number of hydrogen-bond acceptors (Lipinski definition) is 4. The summed E-state index contributed by atoms with van der Waals surface area (Å²) in [4.78, 5) is 0. The number of aliphatic hydroxyl groups is 2. The van der Waals surface area contributed by atoms with Crippen LogP contribution in [-0.2, 0) is 6.42 Å². The average Bonchev–Trinajstić information content (AvgIpc) is 2.52. The number of benzene rings is 1. The van der Waals surface area contributed by atoms with Gasteiger partial charge in [-0.05, 0) is 43.4 Å². The Morgan fingerprint density at radius 2 is 1.62 bits per heavy atom. The van der Waals surface area contributed by atoms with Gasteiger partial charge < -0.3 is 20.7 Å². The van der Waals surface area contributed by atoms with Gasteiger partial charge in [0, 0.05) is 8.07 Å². The van der Waals surface area contributed by atoms with Crippen molar-refractivity contribution < 1.29 is 14.9 Å². The number of hydrogen-bond donors (Lipinski definition) is 3. The first-order valence-corrected chi connectivity index (χ1v) is 12.2. The van der Waals surface area contributed by atoms with E-state index in [0.29, 0.717) is 6.42 Å². The summed E-state index contributed by atoms with van der Waals surface area (Å²) in [6.07, 6.45) is 3.45. The van der Waals surface area contributed by atoms with Gasteiger partial charge in [-0.15, -0.1) is 12.4 Å². The number of nitrogens with two attached hydrogens (primary N) is 1. The molecule has 4 nitrogen and oxygen atoms in total. The third kappa shape index (κ3) is 9.64. The van der Waals surface area contributed by atoms with Gasteiger partial charge in [-0.3, -0.25) is 0 Å². The highest BCUT2D eigenvalue weighted by atomic mass is 35.5. The third-order valence-corrected chi connectivity index (χ3v) is 5.89. The maximum atomic E-state index is 9.17. The highest BCUT2D eigenvalue weighted by Gasteiger charge is 2.22. The second-order valence-electron chi connectivity index (χ2n) is 7.69. The van der Waals surface area contributed by atoms with Crippen LogP contribution < -0.4 is 10.5 Å². The number of rotatable bonds is 11. The predicted octanol–water partition coefficient (Wildman–Crippen LogP) is 3.22. The quantitative estimate of drug-likeness (QED) is 0.410. The third-order valence-electron chi connectivity index (χ3n) is 4.03. The second kappa shape index (κ2) is 11.1. The Morgan fingerprint density at radius 1 is 1.04 bits per heavy atom. The van der Waals surface area contributed by atoms with Crippen molar-refractivity contribution in [3.8, 4) is 5.75 Å². The van der Waals surface area contributed by atoms with Crippen LogP contribution in [0, 0.1) is 0 Å². The molecule has 0 bridgehead atoms. The molecule has 0 amide bonds. The van der Waals surface area contributed by atoms with Crippen LogP contribution >= 0.6 is 12.4 Å². The van der Waals surface area contributed by atoms with Crippen LogP contribution in [0.3, 0.4) is 0 Å². The lowest BCUT2D eigenvalue weighted by molar-refractivity contribution is 0.113. The first-order chi connectivity index (χ1) is 10.8. The van der Waals surface area contributed by atoms with Crippen LogP contribution in [0.15, 0.2) is 24.3 Å². The Bertz CT molecular complexity index is 445. The summed E-state index contributed by atoms with van der Waals surface area (Å²) in [6, 6.07) is 9.46. The Morgan fingerprint density at radius 3 is 2.12 bits per heavy atom. The smallest absolute Gasteiger partial charge is 0.119 e. The largest absolute Gasteiger partial charge is 0.494 e. The molecule has 6 heteroatoms. The molecule has 0 aliphatic carbocycles. The SMILES string of the molecule is C[Si](C)(C)CCCOc1ccc(CCCC(N)(CO)CO)cc1.Cl. The van der Waals surface area contributed by atoms with Gasteiger partial charge in [0.05, 0.1) is 25.4 Å². The van der Waals surface area contributed by atoms with Gasteiger partial charge in [-0.1, -0.05) is 37.8 Å². The fourth-order valence-electron chi connectivity index (χ4n) is 2.40. The van der Waals surface area contributed by atoms with Crippen LogP contribution in [-0.4, -0.2) is 43.6 Å². The summed E-state index contributed by atoms with van der Waals surface area (Å²) < 4.78 is 5.79. The van der Waals surface area contributed by atoms with Crippen molar-refractivity contribution in [2.24, 2.45) is 5.73 Å². The highest BCUT2D eigenvalue weighted by Crippen LogP contribution is 2.17. The molecule has 0 aliphatic rings. The first-order valence-electron chi connectivity index (χ1n) is 8.50. The minimum atomic E-state index is -0.967. The van der Waals surface area contributed by atoms with Crippen molar-refractivity contribution >= 4 is 20.5 Å². The van der Waals surface area contributed by atoms with E-state index in [9.17, 15) is 10.2 Å². The summed E-state index contributed by atoms with van der Waals surface area (Å²) >= 11 is 0. The lowest BCUT2D eigenvalue weighted by Crippen LogP contribution is -2.47. The van der Waals surface area contributed by atoms with E-state index in [1.165, 1.54) is 11.6 Å². The molecule has 0 atom stereocenters. The van der Waals surface area contributed by atoms with E-state index in [-0.39, 0.29) is 25.6 Å². The molecule has 1 aromatic carbocycles. The van der Waals surface area contributed by atoms with Gasteiger partial charge in [0.2, 0.25) is 0 Å². The highest BCUT2D eigenvalue weighted by molar-refractivity contribution is 6.76. The summed E-state index contributed by atoms with van der Waals surface area (Å²) in [5.41, 5.74) is 6.22. The summed E-state index contributed by atoms with van der Waals surface area (Å²) in [7, 11) is -0.967. The van der Waals surface area contributed by atoms with Crippen molar-refractivity contribution in [2.75, 3.05) is 19.8 Å². The van der Waals surface area contributed by atoms with Crippen LogP contribution in [0.5, 0.6) is 5.75 Å². The van der Waals surface area contributed by atoms with E-state index in [0.717, 1.165) is 31.6 Å². The fourth-order valence-corrected chi connectivity index (χ4v) is 3.60. The monoisotopic (exact) mass is 375 g/mol. The predicted molar refractivity (Wildman–Crippen MR) is 106 cm³/mol. The number of aliphatic hydroxyl groups excluding tert-OH is 2. The summed E-state index contributed by atoms with van der Waals surface area (Å²) in [5.74, 6) is 0.920. The molecule has 24 heavy (non-hydrogen) atoms. The molecule has 140 valence electrons. The lowest BCUT2D eigenvalue weighted by atomic mass is 9.94. The van der Waals surface area contributed by atoms with Gasteiger partial charge >= 0.3 is 0 Å². The Hall–Kier alpha value is -0.593. The summed E-state index contributed by atoms with van der Waals surface area (Å²) in [6.45, 7) is 7.55. The van der Waals surface area contributed by atoms with Crippen molar-refractivity contribution in [1.29, 1.82) is 0 Å². The van der Waals surface area contributed by atoms with Gasteiger partial charge in [0.15, 0.2) is 0 Å². The molecule has 0 radical (unpaired) electrons. The van der Waals surface area contributed by atoms with Crippen molar-refractivity contribution in [2.45, 2.75) is 56.9 Å². The molecule has 0 saturated carbocycles. The molecular formula is C18H34ClNO3Si. The Balaban J connectivity index is 0.00000529. The van der Waals surface area contributed by atoms with Gasteiger partial charge in [-0.2, -0.15) is 0 Å². The van der Waals surface area contributed by atoms with E-state index in [1.807, 2.05) is 12.1 Å². The van der Waals surface area contributed by atoms with Crippen LogP contribution in [0.4, 0.5) is 0 Å². The Kier molecular flexibility index (Phi) is 10.8. The molecule has 1 aromatic rings. The zero-order valence-corrected chi connectivity index (χ0v) is 17.1. The summed E-state index contributed by atoms with van der Waals surface area (Å²) in [5, 5.41) is 18.3. The van der Waals surface area contributed by atoms with Crippen molar-refractivity contribution in [3.05, 3.63) is 29.8 Å². The zero-order chi connectivity index (χ0) is 17.3. The van der Waals surface area contributed by atoms with E-state index in [2.05, 4.69) is 31.8 Å².